The number of rotatable bonds is 3. The number of Topliss-reactive ketones (excluding diaryl/α,β-unsaturated/α-hetero) is 1. The van der Waals surface area contributed by atoms with Crippen LogP contribution in [0.15, 0.2) is 5.38 Å². The van der Waals surface area contributed by atoms with Crippen LogP contribution in [0.5, 0.6) is 0 Å². The van der Waals surface area contributed by atoms with Crippen LogP contribution in [0.1, 0.15) is 57.7 Å². The molecule has 0 radical (unpaired) electrons. The van der Waals surface area contributed by atoms with E-state index in [-0.39, 0.29) is 11.2 Å². The van der Waals surface area contributed by atoms with E-state index in [1.807, 2.05) is 6.92 Å². The molecule has 0 aliphatic carbocycles. The molecule has 1 aliphatic rings. The summed E-state index contributed by atoms with van der Waals surface area (Å²) in [5.74, 6) is 0.169. The lowest BCUT2D eigenvalue weighted by Crippen LogP contribution is -2.42. The second-order valence-electron chi connectivity index (χ2n) is 6.51. The minimum atomic E-state index is -0.591. The number of hydrogen-bond donors (Lipinski definition) is 0. The molecule has 106 valence electrons. The van der Waals surface area contributed by atoms with Crippen molar-refractivity contribution in [3.63, 3.8) is 0 Å². The zero-order valence-corrected chi connectivity index (χ0v) is 13.1. The van der Waals surface area contributed by atoms with E-state index < -0.39 is 5.60 Å². The molecule has 1 atom stereocenters. The third-order valence-electron chi connectivity index (χ3n) is 3.69. The van der Waals surface area contributed by atoms with Crippen LogP contribution in [0.2, 0.25) is 0 Å². The predicted molar refractivity (Wildman–Crippen MR) is 77.7 cm³/mol. The maximum Gasteiger partial charge on any atom is 0.171 e. The van der Waals surface area contributed by atoms with E-state index in [9.17, 15) is 4.79 Å². The number of thiazole rings is 1. The smallest absolute Gasteiger partial charge is 0.171 e. The van der Waals surface area contributed by atoms with E-state index in [1.54, 1.807) is 11.3 Å². The Morgan fingerprint density at radius 2 is 2.21 bits per heavy atom. The Morgan fingerprint density at radius 3 is 2.74 bits per heavy atom. The van der Waals surface area contributed by atoms with Crippen molar-refractivity contribution >= 4 is 17.1 Å². The Kier molecular flexibility index (Phi) is 4.11. The molecule has 1 saturated heterocycles. The molecule has 2 heterocycles. The second kappa shape index (κ2) is 5.33. The van der Waals surface area contributed by atoms with Crippen LogP contribution in [-0.2, 0) is 21.4 Å². The SMILES string of the molecule is CC1(C(=O)Cc2nc(C(C)(C)C)cs2)CCCCO1. The van der Waals surface area contributed by atoms with Gasteiger partial charge in [-0.1, -0.05) is 20.8 Å². The average molecular weight is 281 g/mol. The summed E-state index contributed by atoms with van der Waals surface area (Å²) in [7, 11) is 0. The Hall–Kier alpha value is -0.740. The van der Waals surface area contributed by atoms with Crippen LogP contribution in [-0.4, -0.2) is 23.0 Å². The van der Waals surface area contributed by atoms with E-state index in [0.717, 1.165) is 30.0 Å². The van der Waals surface area contributed by atoms with Crippen molar-refractivity contribution in [3.8, 4) is 0 Å². The molecular formula is C15H23NO2S. The summed E-state index contributed by atoms with van der Waals surface area (Å²) in [5, 5.41) is 2.97. The predicted octanol–water partition coefficient (Wildman–Crippen LogP) is 3.51. The van der Waals surface area contributed by atoms with Gasteiger partial charge in [0.1, 0.15) is 10.6 Å². The number of carbonyl (C=O) groups is 1. The number of aromatic nitrogens is 1. The quantitative estimate of drug-likeness (QED) is 0.851. The molecule has 2 rings (SSSR count). The number of ether oxygens (including phenoxy) is 1. The van der Waals surface area contributed by atoms with E-state index in [0.29, 0.717) is 13.0 Å². The topological polar surface area (TPSA) is 39.2 Å². The van der Waals surface area contributed by atoms with Gasteiger partial charge in [0.15, 0.2) is 5.78 Å². The van der Waals surface area contributed by atoms with Gasteiger partial charge in [-0.15, -0.1) is 11.3 Å². The van der Waals surface area contributed by atoms with Crippen molar-refractivity contribution in [1.29, 1.82) is 0 Å². The summed E-state index contributed by atoms with van der Waals surface area (Å²) in [6, 6.07) is 0. The number of hydrogen-bond acceptors (Lipinski definition) is 4. The average Bonchev–Trinajstić information content (AvgIpc) is 2.78. The van der Waals surface area contributed by atoms with Crippen LogP contribution in [0, 0.1) is 0 Å². The summed E-state index contributed by atoms with van der Waals surface area (Å²) in [6.07, 6.45) is 3.38. The third-order valence-corrected chi connectivity index (χ3v) is 4.54. The van der Waals surface area contributed by atoms with Crippen molar-refractivity contribution in [2.45, 2.75) is 64.4 Å². The van der Waals surface area contributed by atoms with Gasteiger partial charge in [0.2, 0.25) is 0 Å². The highest BCUT2D eigenvalue weighted by Crippen LogP contribution is 2.28. The van der Waals surface area contributed by atoms with Crippen molar-refractivity contribution in [1.82, 2.24) is 4.98 Å². The summed E-state index contributed by atoms with van der Waals surface area (Å²) in [6.45, 7) is 9.04. The van der Waals surface area contributed by atoms with Crippen LogP contribution < -0.4 is 0 Å². The third kappa shape index (κ3) is 3.42. The standard InChI is InChI=1S/C15H23NO2S/c1-14(2,3)11-10-19-13(16-11)9-12(17)15(4)7-5-6-8-18-15/h10H,5-9H2,1-4H3. The Balaban J connectivity index is 2.04. The van der Waals surface area contributed by atoms with Crippen LogP contribution in [0.3, 0.4) is 0 Å². The van der Waals surface area contributed by atoms with Crippen molar-refractivity contribution in [2.24, 2.45) is 0 Å². The van der Waals surface area contributed by atoms with Crippen molar-refractivity contribution < 1.29 is 9.53 Å². The fraction of sp³-hybridized carbons (Fsp3) is 0.733. The molecule has 4 heteroatoms. The van der Waals surface area contributed by atoms with Gasteiger partial charge in [0.05, 0.1) is 12.1 Å². The minimum Gasteiger partial charge on any atom is -0.367 e. The highest BCUT2D eigenvalue weighted by Gasteiger charge is 2.36. The first-order chi connectivity index (χ1) is 8.81. The van der Waals surface area contributed by atoms with Gasteiger partial charge in [0.25, 0.3) is 0 Å². The largest absolute Gasteiger partial charge is 0.367 e. The molecule has 0 amide bonds. The molecule has 3 nitrogen and oxygen atoms in total. The van der Waals surface area contributed by atoms with E-state index >= 15 is 0 Å². The lowest BCUT2D eigenvalue weighted by molar-refractivity contribution is -0.147. The first-order valence-electron chi connectivity index (χ1n) is 6.93. The van der Waals surface area contributed by atoms with E-state index in [1.165, 1.54) is 0 Å². The first-order valence-corrected chi connectivity index (χ1v) is 7.81. The highest BCUT2D eigenvalue weighted by atomic mass is 32.1. The molecule has 1 unspecified atom stereocenters. The number of nitrogens with zero attached hydrogens (tertiary/aromatic N) is 1. The normalized spacial score (nSPS) is 24.4. The number of carbonyl (C=O) groups excluding carboxylic acids is 1. The molecular weight excluding hydrogens is 258 g/mol. The molecule has 19 heavy (non-hydrogen) atoms. The van der Waals surface area contributed by atoms with Gasteiger partial charge >= 0.3 is 0 Å². The minimum absolute atomic E-state index is 0.0447. The first kappa shape index (κ1) is 14.7. The fourth-order valence-corrected chi connectivity index (χ4v) is 3.23. The summed E-state index contributed by atoms with van der Waals surface area (Å²) in [4.78, 5) is 17.0. The number of ketones is 1. The zero-order valence-electron chi connectivity index (χ0n) is 12.3. The highest BCUT2D eigenvalue weighted by molar-refractivity contribution is 7.09. The monoisotopic (exact) mass is 281 g/mol. The van der Waals surface area contributed by atoms with Gasteiger partial charge in [-0.25, -0.2) is 4.98 Å². The lowest BCUT2D eigenvalue weighted by atomic mass is 9.90. The second-order valence-corrected chi connectivity index (χ2v) is 7.46. The molecule has 0 N–H and O–H groups in total. The van der Waals surface area contributed by atoms with Gasteiger partial charge in [-0.3, -0.25) is 4.79 Å². The molecule has 1 aromatic heterocycles. The lowest BCUT2D eigenvalue weighted by Gasteiger charge is -2.32. The molecule has 1 fully saturated rings. The van der Waals surface area contributed by atoms with Gasteiger partial charge in [0, 0.05) is 17.4 Å². The van der Waals surface area contributed by atoms with Crippen LogP contribution in [0.25, 0.3) is 0 Å². The van der Waals surface area contributed by atoms with Crippen LogP contribution >= 0.6 is 11.3 Å². The van der Waals surface area contributed by atoms with Gasteiger partial charge < -0.3 is 4.74 Å². The van der Waals surface area contributed by atoms with E-state index in [2.05, 4.69) is 31.1 Å². The maximum absolute atomic E-state index is 12.4. The summed E-state index contributed by atoms with van der Waals surface area (Å²) < 4.78 is 5.70. The Labute approximate surface area is 119 Å². The molecule has 0 bridgehead atoms. The van der Waals surface area contributed by atoms with Crippen molar-refractivity contribution in [2.75, 3.05) is 6.61 Å². The van der Waals surface area contributed by atoms with Crippen molar-refractivity contribution in [3.05, 3.63) is 16.1 Å². The van der Waals surface area contributed by atoms with Gasteiger partial charge in [-0.05, 0) is 26.2 Å². The summed E-state index contributed by atoms with van der Waals surface area (Å²) >= 11 is 1.58. The van der Waals surface area contributed by atoms with Gasteiger partial charge in [-0.2, -0.15) is 0 Å². The molecule has 0 spiro atoms. The zero-order chi connectivity index (χ0) is 14.1. The Morgan fingerprint density at radius 1 is 1.47 bits per heavy atom. The fourth-order valence-electron chi connectivity index (χ4n) is 2.21. The molecule has 0 saturated carbocycles. The Bertz CT molecular complexity index is 453. The van der Waals surface area contributed by atoms with Crippen LogP contribution in [0.4, 0.5) is 0 Å². The molecule has 1 aliphatic heterocycles. The maximum atomic E-state index is 12.4. The van der Waals surface area contributed by atoms with E-state index in [4.69, 9.17) is 4.74 Å². The summed E-state index contributed by atoms with van der Waals surface area (Å²) in [5.41, 5.74) is 0.518. The molecule has 1 aromatic rings. The molecule has 0 aromatic carbocycles.